The smallest absolute Gasteiger partial charge is 0.383 e. The van der Waals surface area contributed by atoms with Crippen molar-refractivity contribution in [2.75, 3.05) is 25.6 Å². The van der Waals surface area contributed by atoms with Crippen molar-refractivity contribution in [2.24, 2.45) is 0 Å². The van der Waals surface area contributed by atoms with Crippen LogP contribution in [0.2, 0.25) is 0 Å². The maximum Gasteiger partial charge on any atom is 0.501 e. The van der Waals surface area contributed by atoms with Crippen molar-refractivity contribution in [3.8, 4) is 0 Å². The van der Waals surface area contributed by atoms with Gasteiger partial charge < -0.3 is 10.1 Å². The third-order valence-corrected chi connectivity index (χ3v) is 6.31. The van der Waals surface area contributed by atoms with Gasteiger partial charge in [-0.2, -0.15) is 13.2 Å². The van der Waals surface area contributed by atoms with Gasteiger partial charge in [-0.15, -0.1) is 10.2 Å². The summed E-state index contributed by atoms with van der Waals surface area (Å²) in [6.45, 7) is 0.948. The number of rotatable bonds is 7. The minimum Gasteiger partial charge on any atom is -0.383 e. The van der Waals surface area contributed by atoms with E-state index in [1.807, 2.05) is 0 Å². The summed E-state index contributed by atoms with van der Waals surface area (Å²) in [4.78, 5) is -0.860. The van der Waals surface area contributed by atoms with Crippen molar-refractivity contribution in [1.29, 1.82) is 0 Å². The molecule has 1 aromatic carbocycles. The van der Waals surface area contributed by atoms with Crippen molar-refractivity contribution < 1.29 is 26.3 Å². The molecule has 0 saturated heterocycles. The molecular formula is C12H12F3N3O3S3. The number of sulfone groups is 1. The van der Waals surface area contributed by atoms with Gasteiger partial charge in [-0.05, 0) is 12.1 Å². The Kier molecular flexibility index (Phi) is 6.06. The number of aromatic nitrogens is 2. The van der Waals surface area contributed by atoms with Crippen molar-refractivity contribution in [3.05, 3.63) is 24.3 Å². The van der Waals surface area contributed by atoms with Crippen molar-refractivity contribution in [2.45, 2.75) is 19.6 Å². The van der Waals surface area contributed by atoms with Crippen LogP contribution in [0.3, 0.4) is 0 Å². The number of benzene rings is 1. The lowest BCUT2D eigenvalue weighted by Gasteiger charge is -2.11. The molecule has 0 saturated carbocycles. The summed E-state index contributed by atoms with van der Waals surface area (Å²) in [7, 11) is -3.89. The lowest BCUT2D eigenvalue weighted by molar-refractivity contribution is -0.0437. The molecule has 1 aromatic heterocycles. The molecule has 1 heterocycles. The zero-order valence-electron chi connectivity index (χ0n) is 12.2. The van der Waals surface area contributed by atoms with Gasteiger partial charge in [0.2, 0.25) is 5.13 Å². The largest absolute Gasteiger partial charge is 0.501 e. The summed E-state index contributed by atoms with van der Waals surface area (Å²) >= 11 is 1.91. The number of ether oxygens (including phenoxy) is 1. The van der Waals surface area contributed by atoms with Gasteiger partial charge in [0, 0.05) is 18.6 Å². The Morgan fingerprint density at radius 1 is 1.29 bits per heavy atom. The van der Waals surface area contributed by atoms with Crippen molar-refractivity contribution in [1.82, 2.24) is 10.2 Å². The Morgan fingerprint density at radius 3 is 2.67 bits per heavy atom. The van der Waals surface area contributed by atoms with Crippen LogP contribution in [0.15, 0.2) is 38.4 Å². The third kappa shape index (κ3) is 4.37. The molecule has 2 rings (SSSR count). The fraction of sp³-hybridized carbons (Fsp3) is 0.333. The summed E-state index contributed by atoms with van der Waals surface area (Å²) in [5.74, 6) is 0. The van der Waals surface area contributed by atoms with Crippen molar-refractivity contribution in [3.63, 3.8) is 0 Å². The molecule has 0 aliphatic rings. The predicted octanol–water partition coefficient (Wildman–Crippen LogP) is 3.04. The molecule has 0 fully saturated rings. The molecule has 0 bridgehead atoms. The first-order valence-electron chi connectivity index (χ1n) is 6.40. The molecule has 0 amide bonds. The van der Waals surface area contributed by atoms with E-state index in [0.717, 1.165) is 29.2 Å². The minimum absolute atomic E-state index is 0.0607. The predicted molar refractivity (Wildman–Crippen MR) is 84.1 cm³/mol. The van der Waals surface area contributed by atoms with E-state index in [1.54, 1.807) is 7.11 Å². The number of hydrogen-bond acceptors (Lipinski definition) is 8. The second kappa shape index (κ2) is 7.68. The minimum atomic E-state index is -5.43. The Labute approximate surface area is 144 Å². The van der Waals surface area contributed by atoms with Crippen LogP contribution in [0.1, 0.15) is 0 Å². The summed E-state index contributed by atoms with van der Waals surface area (Å²) in [6.07, 6.45) is 0. The number of methoxy groups -OCH3 is 1. The number of anilines is 1. The molecule has 0 spiro atoms. The Morgan fingerprint density at radius 2 is 2.00 bits per heavy atom. The van der Waals surface area contributed by atoms with Crippen LogP contribution in [0.4, 0.5) is 18.3 Å². The van der Waals surface area contributed by atoms with Crippen LogP contribution in [-0.2, 0) is 14.6 Å². The van der Waals surface area contributed by atoms with Crippen LogP contribution >= 0.6 is 23.1 Å². The van der Waals surface area contributed by atoms with E-state index in [-0.39, 0.29) is 4.90 Å². The highest BCUT2D eigenvalue weighted by Gasteiger charge is 2.47. The highest BCUT2D eigenvalue weighted by molar-refractivity contribution is 8.02. The standard InChI is InChI=1S/C12H12F3N3O3S3/c1-21-7-6-16-10-17-18-11(23-10)22-8-4-2-3-5-9(8)24(19,20)12(13,14)15/h2-5H,6-7H2,1H3,(H,16,17). The molecule has 0 aliphatic heterocycles. The first-order chi connectivity index (χ1) is 11.3. The molecule has 132 valence electrons. The molecule has 0 atom stereocenters. The number of halogens is 3. The van der Waals surface area contributed by atoms with E-state index >= 15 is 0 Å². The lowest BCUT2D eigenvalue weighted by Crippen LogP contribution is -2.23. The van der Waals surface area contributed by atoms with Gasteiger partial charge in [0.1, 0.15) is 0 Å². The average Bonchev–Trinajstić information content (AvgIpc) is 2.94. The number of nitrogens with one attached hydrogen (secondary N) is 1. The number of nitrogens with zero attached hydrogens (tertiary/aromatic N) is 2. The first kappa shape index (κ1) is 19.0. The molecule has 2 aromatic rings. The van der Waals surface area contributed by atoms with Gasteiger partial charge in [0.05, 0.1) is 11.5 Å². The SMILES string of the molecule is COCCNc1nnc(Sc2ccccc2S(=O)(=O)C(F)(F)F)s1. The molecule has 0 aliphatic carbocycles. The third-order valence-electron chi connectivity index (χ3n) is 2.63. The van der Waals surface area contributed by atoms with Gasteiger partial charge >= 0.3 is 5.51 Å². The normalized spacial score (nSPS) is 12.3. The fourth-order valence-electron chi connectivity index (χ4n) is 1.56. The van der Waals surface area contributed by atoms with Crippen LogP contribution in [0.25, 0.3) is 0 Å². The maximum atomic E-state index is 12.8. The topological polar surface area (TPSA) is 81.2 Å². The monoisotopic (exact) mass is 399 g/mol. The Balaban J connectivity index is 2.23. The first-order valence-corrected chi connectivity index (χ1v) is 9.52. The lowest BCUT2D eigenvalue weighted by atomic mass is 10.4. The van der Waals surface area contributed by atoms with Gasteiger partial charge in [0.25, 0.3) is 9.84 Å². The van der Waals surface area contributed by atoms with Crippen LogP contribution in [-0.4, -0.2) is 44.4 Å². The number of alkyl halides is 3. The van der Waals surface area contributed by atoms with Gasteiger partial charge in [-0.1, -0.05) is 35.2 Å². The van der Waals surface area contributed by atoms with Crippen LogP contribution in [0, 0.1) is 0 Å². The Bertz CT molecular complexity index is 793. The molecular weight excluding hydrogens is 387 g/mol. The zero-order valence-corrected chi connectivity index (χ0v) is 14.7. The van der Waals surface area contributed by atoms with E-state index in [4.69, 9.17) is 4.74 Å². The summed E-state index contributed by atoms with van der Waals surface area (Å²) in [5, 5.41) is 11.1. The van der Waals surface area contributed by atoms with Crippen LogP contribution < -0.4 is 5.32 Å². The maximum absolute atomic E-state index is 12.8. The molecule has 1 N–H and O–H groups in total. The summed E-state index contributed by atoms with van der Waals surface area (Å²) in [5.41, 5.74) is -5.36. The fourth-order valence-corrected chi connectivity index (χ4v) is 4.61. The summed E-state index contributed by atoms with van der Waals surface area (Å²) < 4.78 is 66.8. The van der Waals surface area contributed by atoms with Gasteiger partial charge in [0.15, 0.2) is 4.34 Å². The molecule has 24 heavy (non-hydrogen) atoms. The molecule has 0 unspecified atom stereocenters. The van der Waals surface area contributed by atoms with E-state index in [0.29, 0.717) is 22.6 Å². The van der Waals surface area contributed by atoms with E-state index in [2.05, 4.69) is 15.5 Å². The highest BCUT2D eigenvalue weighted by atomic mass is 32.2. The molecule has 0 radical (unpaired) electrons. The highest BCUT2D eigenvalue weighted by Crippen LogP contribution is 2.39. The number of hydrogen-bond donors (Lipinski definition) is 1. The van der Waals surface area contributed by atoms with E-state index in [1.165, 1.54) is 18.2 Å². The van der Waals surface area contributed by atoms with Gasteiger partial charge in [-0.3, -0.25) is 0 Å². The van der Waals surface area contributed by atoms with Crippen LogP contribution in [0.5, 0.6) is 0 Å². The molecule has 6 nitrogen and oxygen atoms in total. The molecule has 12 heteroatoms. The summed E-state index contributed by atoms with van der Waals surface area (Å²) in [6, 6.07) is 4.91. The zero-order chi connectivity index (χ0) is 17.8. The van der Waals surface area contributed by atoms with Gasteiger partial charge in [-0.25, -0.2) is 8.42 Å². The average molecular weight is 399 g/mol. The van der Waals surface area contributed by atoms with Crippen molar-refractivity contribution >= 4 is 38.1 Å². The second-order valence-corrected chi connectivity index (χ2v) is 8.47. The van der Waals surface area contributed by atoms with E-state index < -0.39 is 20.2 Å². The Hall–Kier alpha value is -1.37. The van der Waals surface area contributed by atoms with E-state index in [9.17, 15) is 21.6 Å². The quantitative estimate of drug-likeness (QED) is 0.717. The second-order valence-electron chi connectivity index (χ2n) is 4.29.